The summed E-state index contributed by atoms with van der Waals surface area (Å²) in [5.41, 5.74) is 1.70. The minimum atomic E-state index is -0.367. The first-order chi connectivity index (χ1) is 11.6. The monoisotopic (exact) mass is 340 g/mol. The molecule has 0 saturated carbocycles. The van der Waals surface area contributed by atoms with Gasteiger partial charge in [-0.25, -0.2) is 0 Å². The predicted octanol–water partition coefficient (Wildman–Crippen LogP) is 3.16. The van der Waals surface area contributed by atoms with E-state index in [9.17, 15) is 9.59 Å². The third-order valence-corrected chi connectivity index (χ3v) is 4.17. The molecular formula is C19H17ClN2O2. The number of amides is 1. The van der Waals surface area contributed by atoms with E-state index in [2.05, 4.69) is 5.32 Å². The number of fused-ring (bicyclic) bond motifs is 1. The summed E-state index contributed by atoms with van der Waals surface area (Å²) in [6.45, 7) is 0.472. The molecular weight excluding hydrogens is 324 g/mol. The number of aryl methyl sites for hydroxylation is 1. The average molecular weight is 341 g/mol. The lowest BCUT2D eigenvalue weighted by Crippen LogP contribution is -2.31. The van der Waals surface area contributed by atoms with Crippen molar-refractivity contribution < 1.29 is 4.79 Å². The van der Waals surface area contributed by atoms with Gasteiger partial charge in [-0.3, -0.25) is 9.59 Å². The van der Waals surface area contributed by atoms with Crippen molar-refractivity contribution in [2.75, 3.05) is 6.54 Å². The zero-order valence-electron chi connectivity index (χ0n) is 13.3. The molecule has 2 aromatic carbocycles. The van der Waals surface area contributed by atoms with Gasteiger partial charge in [0.1, 0.15) is 5.56 Å². The molecule has 0 atom stereocenters. The van der Waals surface area contributed by atoms with Crippen LogP contribution < -0.4 is 10.7 Å². The summed E-state index contributed by atoms with van der Waals surface area (Å²) in [5.74, 6) is -0.367. The van der Waals surface area contributed by atoms with Crippen LogP contribution >= 0.6 is 11.6 Å². The van der Waals surface area contributed by atoms with Gasteiger partial charge in [0.2, 0.25) is 5.43 Å². The molecule has 1 aromatic heterocycles. The Labute approximate surface area is 144 Å². The van der Waals surface area contributed by atoms with Crippen LogP contribution in [0.5, 0.6) is 0 Å². The number of nitrogens with one attached hydrogen (secondary N) is 1. The van der Waals surface area contributed by atoms with Gasteiger partial charge in [0.05, 0.1) is 5.52 Å². The highest BCUT2D eigenvalue weighted by Gasteiger charge is 2.14. The van der Waals surface area contributed by atoms with Crippen LogP contribution in [0.2, 0.25) is 5.02 Å². The Morgan fingerprint density at radius 1 is 1.17 bits per heavy atom. The molecule has 0 aliphatic rings. The second-order valence-electron chi connectivity index (χ2n) is 5.64. The molecule has 1 heterocycles. The quantitative estimate of drug-likeness (QED) is 0.793. The summed E-state index contributed by atoms with van der Waals surface area (Å²) in [4.78, 5) is 25.0. The number of pyridine rings is 1. The van der Waals surface area contributed by atoms with Crippen LogP contribution in [0.1, 0.15) is 15.9 Å². The first-order valence-electron chi connectivity index (χ1n) is 7.67. The summed E-state index contributed by atoms with van der Waals surface area (Å²) in [6, 6.07) is 15.0. The van der Waals surface area contributed by atoms with Crippen molar-refractivity contribution in [2.24, 2.45) is 7.05 Å². The molecule has 0 bridgehead atoms. The van der Waals surface area contributed by atoms with Gasteiger partial charge in [-0.05, 0) is 30.2 Å². The maximum absolute atomic E-state index is 12.6. The molecule has 3 rings (SSSR count). The van der Waals surface area contributed by atoms with E-state index in [0.717, 1.165) is 11.1 Å². The van der Waals surface area contributed by atoms with Crippen molar-refractivity contribution in [1.82, 2.24) is 9.88 Å². The van der Waals surface area contributed by atoms with E-state index in [1.165, 1.54) is 0 Å². The summed E-state index contributed by atoms with van der Waals surface area (Å²) in [7, 11) is 1.80. The first kappa shape index (κ1) is 16.3. The number of hydrogen-bond acceptors (Lipinski definition) is 2. The average Bonchev–Trinajstić information content (AvgIpc) is 2.58. The SMILES string of the molecule is Cn1cc(C(=O)NCCc2ccccc2)c(=O)c2cc(Cl)ccc21. The van der Waals surface area contributed by atoms with Gasteiger partial charge in [0, 0.05) is 30.2 Å². The third-order valence-electron chi connectivity index (χ3n) is 3.94. The van der Waals surface area contributed by atoms with Crippen LogP contribution in [-0.2, 0) is 13.5 Å². The van der Waals surface area contributed by atoms with Crippen LogP contribution in [0.3, 0.4) is 0 Å². The summed E-state index contributed by atoms with van der Waals surface area (Å²) in [6.07, 6.45) is 2.28. The van der Waals surface area contributed by atoms with Crippen molar-refractivity contribution in [2.45, 2.75) is 6.42 Å². The van der Waals surface area contributed by atoms with Crippen molar-refractivity contribution in [3.8, 4) is 0 Å². The predicted molar refractivity (Wildman–Crippen MR) is 96.7 cm³/mol. The fourth-order valence-electron chi connectivity index (χ4n) is 2.69. The number of nitrogens with zero attached hydrogens (tertiary/aromatic N) is 1. The van der Waals surface area contributed by atoms with Crippen molar-refractivity contribution in [3.63, 3.8) is 0 Å². The summed E-state index contributed by atoms with van der Waals surface area (Å²) < 4.78 is 1.76. The lowest BCUT2D eigenvalue weighted by atomic mass is 10.1. The molecule has 5 heteroatoms. The lowest BCUT2D eigenvalue weighted by molar-refractivity contribution is 0.0952. The number of carbonyl (C=O) groups is 1. The molecule has 0 aliphatic carbocycles. The van der Waals surface area contributed by atoms with Crippen LogP contribution in [0, 0.1) is 0 Å². The van der Waals surface area contributed by atoms with Gasteiger partial charge in [0.15, 0.2) is 0 Å². The number of rotatable bonds is 4. The molecule has 1 amide bonds. The molecule has 0 fully saturated rings. The fourth-order valence-corrected chi connectivity index (χ4v) is 2.86. The molecule has 0 radical (unpaired) electrons. The number of benzene rings is 2. The van der Waals surface area contributed by atoms with E-state index >= 15 is 0 Å². The zero-order valence-corrected chi connectivity index (χ0v) is 14.0. The van der Waals surface area contributed by atoms with Crippen molar-refractivity contribution in [3.05, 3.63) is 81.1 Å². The Balaban J connectivity index is 1.82. The smallest absolute Gasteiger partial charge is 0.256 e. The Morgan fingerprint density at radius 2 is 1.92 bits per heavy atom. The highest BCUT2D eigenvalue weighted by atomic mass is 35.5. The number of carbonyl (C=O) groups excluding carboxylic acids is 1. The molecule has 4 nitrogen and oxygen atoms in total. The molecule has 3 aromatic rings. The summed E-state index contributed by atoms with van der Waals surface area (Å²) >= 11 is 5.98. The summed E-state index contributed by atoms with van der Waals surface area (Å²) in [5, 5.41) is 3.73. The normalized spacial score (nSPS) is 10.8. The Kier molecular flexibility index (Phi) is 4.67. The highest BCUT2D eigenvalue weighted by molar-refractivity contribution is 6.31. The zero-order chi connectivity index (χ0) is 17.1. The molecule has 0 aliphatic heterocycles. The number of halogens is 1. The van der Waals surface area contributed by atoms with E-state index in [1.807, 2.05) is 30.3 Å². The van der Waals surface area contributed by atoms with Crippen LogP contribution in [0.4, 0.5) is 0 Å². The van der Waals surface area contributed by atoms with E-state index in [4.69, 9.17) is 11.6 Å². The maximum Gasteiger partial charge on any atom is 0.256 e. The van der Waals surface area contributed by atoms with Crippen molar-refractivity contribution in [1.29, 1.82) is 0 Å². The van der Waals surface area contributed by atoms with E-state index < -0.39 is 0 Å². The van der Waals surface area contributed by atoms with Gasteiger partial charge in [-0.1, -0.05) is 41.9 Å². The van der Waals surface area contributed by atoms with Gasteiger partial charge in [-0.2, -0.15) is 0 Å². The minimum absolute atomic E-state index is 0.125. The first-order valence-corrected chi connectivity index (χ1v) is 8.05. The molecule has 122 valence electrons. The van der Waals surface area contributed by atoms with Gasteiger partial charge >= 0.3 is 0 Å². The Hall–Kier alpha value is -2.59. The molecule has 0 unspecified atom stereocenters. The van der Waals surface area contributed by atoms with Gasteiger partial charge in [0.25, 0.3) is 5.91 Å². The molecule has 0 saturated heterocycles. The van der Waals surface area contributed by atoms with Gasteiger partial charge < -0.3 is 9.88 Å². The van der Waals surface area contributed by atoms with Crippen LogP contribution in [0.25, 0.3) is 10.9 Å². The van der Waals surface area contributed by atoms with Crippen molar-refractivity contribution >= 4 is 28.4 Å². The number of aromatic nitrogens is 1. The molecule has 1 N–H and O–H groups in total. The largest absolute Gasteiger partial charge is 0.352 e. The Bertz CT molecular complexity index is 949. The molecule has 24 heavy (non-hydrogen) atoms. The third kappa shape index (κ3) is 3.34. The highest BCUT2D eigenvalue weighted by Crippen LogP contribution is 2.16. The second kappa shape index (κ2) is 6.89. The van der Waals surface area contributed by atoms with Gasteiger partial charge in [-0.15, -0.1) is 0 Å². The minimum Gasteiger partial charge on any atom is -0.352 e. The lowest BCUT2D eigenvalue weighted by Gasteiger charge is -2.10. The van der Waals surface area contributed by atoms with E-state index in [1.54, 1.807) is 36.0 Å². The van der Waals surface area contributed by atoms with Crippen LogP contribution in [-0.4, -0.2) is 17.0 Å². The standard InChI is InChI=1S/C19H17ClN2O2/c1-22-12-16(18(23)15-11-14(20)7-8-17(15)22)19(24)21-10-9-13-5-3-2-4-6-13/h2-8,11-12H,9-10H2,1H3,(H,21,24). The second-order valence-corrected chi connectivity index (χ2v) is 6.07. The maximum atomic E-state index is 12.6. The van der Waals surface area contributed by atoms with Crippen LogP contribution in [0.15, 0.2) is 59.5 Å². The Morgan fingerprint density at radius 3 is 2.67 bits per heavy atom. The van der Waals surface area contributed by atoms with E-state index in [0.29, 0.717) is 23.4 Å². The molecule has 0 spiro atoms. The fraction of sp³-hybridized carbons (Fsp3) is 0.158. The van der Waals surface area contributed by atoms with E-state index in [-0.39, 0.29) is 16.9 Å². The number of hydrogen-bond donors (Lipinski definition) is 1. The topological polar surface area (TPSA) is 51.1 Å².